The number of hydrogen-bond acceptors (Lipinski definition) is 4. The Morgan fingerprint density at radius 1 is 1.67 bits per heavy atom. The van der Waals surface area contributed by atoms with Gasteiger partial charge in [-0.3, -0.25) is 4.79 Å². The fraction of sp³-hybridized carbons (Fsp3) is 0.500. The van der Waals surface area contributed by atoms with E-state index in [1.807, 2.05) is 13.8 Å². The van der Waals surface area contributed by atoms with Crippen LogP contribution in [0.15, 0.2) is 11.0 Å². The number of aromatic amines is 1. The van der Waals surface area contributed by atoms with Crippen molar-refractivity contribution in [3.63, 3.8) is 0 Å². The van der Waals surface area contributed by atoms with Crippen LogP contribution in [0.25, 0.3) is 0 Å². The van der Waals surface area contributed by atoms with Crippen molar-refractivity contribution in [2.75, 3.05) is 6.61 Å². The van der Waals surface area contributed by atoms with Crippen molar-refractivity contribution in [3.05, 3.63) is 27.9 Å². The van der Waals surface area contributed by atoms with Crippen LogP contribution in [-0.4, -0.2) is 16.6 Å². The van der Waals surface area contributed by atoms with Crippen molar-refractivity contribution in [1.29, 1.82) is 5.26 Å². The van der Waals surface area contributed by atoms with E-state index in [4.69, 9.17) is 10.00 Å². The van der Waals surface area contributed by atoms with Crippen LogP contribution in [0.5, 0.6) is 0 Å². The van der Waals surface area contributed by atoms with E-state index in [1.54, 1.807) is 6.07 Å². The molecule has 80 valence electrons. The van der Waals surface area contributed by atoms with Crippen molar-refractivity contribution in [2.24, 2.45) is 0 Å². The Balaban J connectivity index is 3.01. The summed E-state index contributed by atoms with van der Waals surface area (Å²) >= 11 is 0. The largest absolute Gasteiger partial charge is 0.371 e. The predicted octanol–water partition coefficient (Wildman–Crippen LogP) is 1.13. The molecule has 0 aliphatic carbocycles. The predicted molar refractivity (Wildman–Crippen MR) is 54.2 cm³/mol. The average Bonchev–Trinajstić information content (AvgIpc) is 2.25. The third-order valence-corrected chi connectivity index (χ3v) is 1.98. The first-order valence-electron chi connectivity index (χ1n) is 4.83. The number of nitrogens with zero attached hydrogens (tertiary/aromatic N) is 2. The van der Waals surface area contributed by atoms with Gasteiger partial charge in [-0.25, -0.2) is 4.98 Å². The zero-order chi connectivity index (χ0) is 11.3. The molecule has 1 unspecified atom stereocenters. The standard InChI is InChI=1S/C10H13N3O2/c1-3-8(15-4-2)9-12-6-7(5-11)10(14)13-9/h6,8H,3-4H2,1-2H3,(H,12,13,14). The number of rotatable bonds is 4. The maximum atomic E-state index is 11.3. The molecule has 5 nitrogen and oxygen atoms in total. The Morgan fingerprint density at radius 3 is 2.87 bits per heavy atom. The van der Waals surface area contributed by atoms with Gasteiger partial charge in [-0.05, 0) is 13.3 Å². The van der Waals surface area contributed by atoms with Crippen LogP contribution in [0, 0.1) is 11.3 Å². The van der Waals surface area contributed by atoms with Gasteiger partial charge >= 0.3 is 0 Å². The highest BCUT2D eigenvalue weighted by Crippen LogP contribution is 2.15. The zero-order valence-corrected chi connectivity index (χ0v) is 8.78. The Morgan fingerprint density at radius 2 is 2.40 bits per heavy atom. The number of ether oxygens (including phenoxy) is 1. The SMILES string of the molecule is CCOC(CC)c1ncc(C#N)c(=O)[nH]1. The minimum Gasteiger partial charge on any atom is -0.371 e. The molecule has 1 rings (SSSR count). The van der Waals surface area contributed by atoms with Gasteiger partial charge in [0.15, 0.2) is 0 Å². The molecule has 1 aromatic rings. The minimum absolute atomic E-state index is 0.0186. The van der Waals surface area contributed by atoms with Gasteiger partial charge in [-0.15, -0.1) is 0 Å². The molecule has 0 aromatic carbocycles. The van der Waals surface area contributed by atoms with Gasteiger partial charge in [0, 0.05) is 6.61 Å². The summed E-state index contributed by atoms with van der Waals surface area (Å²) in [6, 6.07) is 1.76. The number of nitriles is 1. The van der Waals surface area contributed by atoms with Crippen molar-refractivity contribution >= 4 is 0 Å². The van der Waals surface area contributed by atoms with Gasteiger partial charge in [0.1, 0.15) is 23.6 Å². The molecule has 1 N–H and O–H groups in total. The average molecular weight is 207 g/mol. The quantitative estimate of drug-likeness (QED) is 0.802. The first kappa shape index (κ1) is 11.4. The summed E-state index contributed by atoms with van der Waals surface area (Å²) in [5.74, 6) is 0.475. The summed E-state index contributed by atoms with van der Waals surface area (Å²) in [6.45, 7) is 4.38. The van der Waals surface area contributed by atoms with E-state index < -0.39 is 5.56 Å². The lowest BCUT2D eigenvalue weighted by molar-refractivity contribution is 0.0533. The summed E-state index contributed by atoms with van der Waals surface area (Å²) in [5.41, 5.74) is -0.397. The first-order chi connectivity index (χ1) is 7.22. The van der Waals surface area contributed by atoms with Crippen molar-refractivity contribution in [2.45, 2.75) is 26.4 Å². The van der Waals surface area contributed by atoms with E-state index in [0.717, 1.165) is 6.42 Å². The molecule has 0 radical (unpaired) electrons. The van der Waals surface area contributed by atoms with E-state index in [2.05, 4.69) is 9.97 Å². The van der Waals surface area contributed by atoms with E-state index in [1.165, 1.54) is 6.20 Å². The molecule has 0 spiro atoms. The summed E-state index contributed by atoms with van der Waals surface area (Å²) in [6.07, 6.45) is 1.79. The normalized spacial score (nSPS) is 12.1. The van der Waals surface area contributed by atoms with Gasteiger partial charge in [-0.1, -0.05) is 6.92 Å². The van der Waals surface area contributed by atoms with Crippen LogP contribution < -0.4 is 5.56 Å². The number of aromatic nitrogens is 2. The monoisotopic (exact) mass is 207 g/mol. The van der Waals surface area contributed by atoms with Crippen LogP contribution in [0.1, 0.15) is 37.8 Å². The van der Waals surface area contributed by atoms with E-state index in [9.17, 15) is 4.79 Å². The lowest BCUT2D eigenvalue weighted by Gasteiger charge is -2.13. The zero-order valence-electron chi connectivity index (χ0n) is 8.78. The molecule has 1 heterocycles. The van der Waals surface area contributed by atoms with E-state index in [-0.39, 0.29) is 11.7 Å². The lowest BCUT2D eigenvalue weighted by Crippen LogP contribution is -2.17. The molecule has 0 saturated carbocycles. The Bertz CT molecular complexity index is 419. The van der Waals surface area contributed by atoms with Crippen LogP contribution in [0.4, 0.5) is 0 Å². The third kappa shape index (κ3) is 2.64. The van der Waals surface area contributed by atoms with Crippen molar-refractivity contribution < 1.29 is 4.74 Å². The highest BCUT2D eigenvalue weighted by atomic mass is 16.5. The fourth-order valence-corrected chi connectivity index (χ4v) is 1.24. The molecular weight excluding hydrogens is 194 g/mol. The molecular formula is C10H13N3O2. The van der Waals surface area contributed by atoms with Gasteiger partial charge in [0.05, 0.1) is 6.20 Å². The maximum Gasteiger partial charge on any atom is 0.268 e. The highest BCUT2D eigenvalue weighted by Gasteiger charge is 2.12. The Kier molecular flexibility index (Phi) is 4.01. The Hall–Kier alpha value is -1.67. The van der Waals surface area contributed by atoms with Crippen LogP contribution in [-0.2, 0) is 4.74 Å². The molecule has 0 aliphatic rings. The molecule has 1 atom stereocenters. The summed E-state index contributed by atoms with van der Waals surface area (Å²) in [7, 11) is 0. The van der Waals surface area contributed by atoms with Gasteiger partial charge in [0.2, 0.25) is 0 Å². The smallest absolute Gasteiger partial charge is 0.268 e. The lowest BCUT2D eigenvalue weighted by atomic mass is 10.2. The molecule has 1 aromatic heterocycles. The number of nitrogens with one attached hydrogen (secondary N) is 1. The number of H-pyrrole nitrogens is 1. The Labute approximate surface area is 87.7 Å². The number of hydrogen-bond donors (Lipinski definition) is 1. The topological polar surface area (TPSA) is 78.8 Å². The van der Waals surface area contributed by atoms with Crippen molar-refractivity contribution in [1.82, 2.24) is 9.97 Å². The molecule has 0 fully saturated rings. The fourth-order valence-electron chi connectivity index (χ4n) is 1.24. The van der Waals surface area contributed by atoms with E-state index >= 15 is 0 Å². The summed E-state index contributed by atoms with van der Waals surface area (Å²) in [4.78, 5) is 17.9. The molecule has 0 amide bonds. The molecule has 5 heteroatoms. The minimum atomic E-state index is -0.416. The molecule has 15 heavy (non-hydrogen) atoms. The van der Waals surface area contributed by atoms with Gasteiger partial charge in [-0.2, -0.15) is 5.26 Å². The van der Waals surface area contributed by atoms with Gasteiger partial charge < -0.3 is 9.72 Å². The second-order valence-corrected chi connectivity index (χ2v) is 2.98. The summed E-state index contributed by atoms with van der Waals surface area (Å²) < 4.78 is 5.39. The van der Waals surface area contributed by atoms with E-state index in [0.29, 0.717) is 12.4 Å². The highest BCUT2D eigenvalue weighted by molar-refractivity contribution is 5.22. The second kappa shape index (κ2) is 5.27. The summed E-state index contributed by atoms with van der Waals surface area (Å²) in [5, 5.41) is 8.57. The molecule has 0 aliphatic heterocycles. The van der Waals surface area contributed by atoms with Crippen LogP contribution >= 0.6 is 0 Å². The molecule has 0 saturated heterocycles. The third-order valence-electron chi connectivity index (χ3n) is 1.98. The van der Waals surface area contributed by atoms with Crippen LogP contribution in [0.2, 0.25) is 0 Å². The molecule has 0 bridgehead atoms. The second-order valence-electron chi connectivity index (χ2n) is 2.98. The van der Waals surface area contributed by atoms with Crippen molar-refractivity contribution in [3.8, 4) is 6.07 Å². The maximum absolute atomic E-state index is 11.3. The van der Waals surface area contributed by atoms with Crippen LogP contribution in [0.3, 0.4) is 0 Å². The van der Waals surface area contributed by atoms with Gasteiger partial charge in [0.25, 0.3) is 5.56 Å². The first-order valence-corrected chi connectivity index (χ1v) is 4.83.